The number of amides is 1. The van der Waals surface area contributed by atoms with Gasteiger partial charge in [-0.05, 0) is 56.2 Å². The van der Waals surface area contributed by atoms with Gasteiger partial charge in [0.1, 0.15) is 0 Å². The first-order chi connectivity index (χ1) is 14.8. The molecule has 9 heteroatoms. The van der Waals surface area contributed by atoms with E-state index in [0.717, 1.165) is 19.3 Å². The normalized spacial score (nSPS) is 17.1. The lowest BCUT2D eigenvalue weighted by atomic mass is 10.1. The Balaban J connectivity index is 1.79. The molecule has 1 amide bonds. The van der Waals surface area contributed by atoms with Crippen LogP contribution in [0.3, 0.4) is 0 Å². The van der Waals surface area contributed by atoms with E-state index in [1.807, 2.05) is 6.92 Å². The van der Waals surface area contributed by atoms with Crippen molar-refractivity contribution in [1.82, 2.24) is 4.31 Å². The van der Waals surface area contributed by atoms with Crippen LogP contribution in [-0.2, 0) is 10.0 Å². The molecule has 0 unspecified atom stereocenters. The molecule has 1 fully saturated rings. The number of ether oxygens (including phenoxy) is 3. The number of sulfonamides is 1. The van der Waals surface area contributed by atoms with Gasteiger partial charge in [-0.3, -0.25) is 4.79 Å². The van der Waals surface area contributed by atoms with Gasteiger partial charge in [0.05, 0.1) is 26.2 Å². The Morgan fingerprint density at radius 1 is 1.00 bits per heavy atom. The Bertz CT molecular complexity index is 1010. The van der Waals surface area contributed by atoms with Gasteiger partial charge in [0.25, 0.3) is 5.91 Å². The first kappa shape index (κ1) is 22.9. The number of carbonyl (C=O) groups is 1. The highest BCUT2D eigenvalue weighted by atomic mass is 32.2. The van der Waals surface area contributed by atoms with E-state index in [1.165, 1.54) is 33.5 Å². The fourth-order valence-corrected chi connectivity index (χ4v) is 5.39. The van der Waals surface area contributed by atoms with E-state index in [0.29, 0.717) is 35.0 Å². The molecular formula is C22H28N2O6S. The van der Waals surface area contributed by atoms with Gasteiger partial charge >= 0.3 is 0 Å². The molecule has 1 aliphatic heterocycles. The number of hydrogen-bond donors (Lipinski definition) is 1. The minimum absolute atomic E-state index is 0.0156. The van der Waals surface area contributed by atoms with Crippen LogP contribution in [0.25, 0.3) is 0 Å². The van der Waals surface area contributed by atoms with E-state index >= 15 is 0 Å². The third kappa shape index (κ3) is 4.77. The highest BCUT2D eigenvalue weighted by Gasteiger charge is 2.30. The Labute approximate surface area is 183 Å². The van der Waals surface area contributed by atoms with E-state index in [-0.39, 0.29) is 16.8 Å². The first-order valence-electron chi connectivity index (χ1n) is 10.0. The smallest absolute Gasteiger partial charge is 0.255 e. The molecule has 0 saturated carbocycles. The van der Waals surface area contributed by atoms with Gasteiger partial charge in [-0.15, -0.1) is 0 Å². The number of hydrogen-bond acceptors (Lipinski definition) is 6. The zero-order valence-electron chi connectivity index (χ0n) is 18.2. The second kappa shape index (κ2) is 9.57. The fraction of sp³-hybridized carbons (Fsp3) is 0.409. The molecule has 8 nitrogen and oxygen atoms in total. The molecule has 0 radical (unpaired) electrons. The maximum atomic E-state index is 13.0. The van der Waals surface area contributed by atoms with Crippen molar-refractivity contribution < 1.29 is 27.4 Å². The summed E-state index contributed by atoms with van der Waals surface area (Å²) in [6.07, 6.45) is 2.77. The largest absolute Gasteiger partial charge is 0.493 e. The van der Waals surface area contributed by atoms with Gasteiger partial charge in [-0.25, -0.2) is 8.42 Å². The molecule has 2 aromatic carbocycles. The van der Waals surface area contributed by atoms with Crippen molar-refractivity contribution in [3.05, 3.63) is 42.0 Å². The lowest BCUT2D eigenvalue weighted by Crippen LogP contribution is -2.41. The van der Waals surface area contributed by atoms with Crippen molar-refractivity contribution >= 4 is 21.6 Å². The van der Waals surface area contributed by atoms with E-state index in [9.17, 15) is 13.2 Å². The zero-order valence-corrected chi connectivity index (χ0v) is 19.0. The van der Waals surface area contributed by atoms with E-state index < -0.39 is 10.0 Å². The fourth-order valence-electron chi connectivity index (χ4n) is 3.69. The quantitative estimate of drug-likeness (QED) is 0.696. The number of anilines is 1. The molecule has 3 rings (SSSR count). The number of rotatable bonds is 7. The van der Waals surface area contributed by atoms with Gasteiger partial charge in [-0.1, -0.05) is 6.42 Å². The van der Waals surface area contributed by atoms with Crippen LogP contribution in [0.4, 0.5) is 5.69 Å². The molecule has 0 bridgehead atoms. The maximum absolute atomic E-state index is 13.0. The lowest BCUT2D eigenvalue weighted by molar-refractivity contribution is 0.102. The molecule has 1 heterocycles. The van der Waals surface area contributed by atoms with E-state index in [2.05, 4.69) is 5.32 Å². The van der Waals surface area contributed by atoms with Crippen LogP contribution in [0, 0.1) is 0 Å². The molecular weight excluding hydrogens is 420 g/mol. The monoisotopic (exact) mass is 448 g/mol. The van der Waals surface area contributed by atoms with Gasteiger partial charge in [-0.2, -0.15) is 4.31 Å². The summed E-state index contributed by atoms with van der Waals surface area (Å²) in [7, 11) is 0.873. The summed E-state index contributed by atoms with van der Waals surface area (Å²) in [6.45, 7) is 2.46. The summed E-state index contributed by atoms with van der Waals surface area (Å²) >= 11 is 0. The summed E-state index contributed by atoms with van der Waals surface area (Å²) in [5.74, 6) is 0.732. The number of piperidine rings is 1. The molecule has 31 heavy (non-hydrogen) atoms. The highest BCUT2D eigenvalue weighted by molar-refractivity contribution is 7.89. The van der Waals surface area contributed by atoms with Crippen molar-refractivity contribution in [3.8, 4) is 17.2 Å². The van der Waals surface area contributed by atoms with Gasteiger partial charge in [0.2, 0.25) is 15.8 Å². The molecule has 0 aliphatic carbocycles. The lowest BCUT2D eigenvalue weighted by Gasteiger charge is -2.32. The van der Waals surface area contributed by atoms with Crippen molar-refractivity contribution in [2.75, 3.05) is 33.2 Å². The van der Waals surface area contributed by atoms with Crippen LogP contribution in [-0.4, -0.2) is 52.5 Å². The number of benzene rings is 2. The minimum Gasteiger partial charge on any atom is -0.493 e. The standard InChI is InChI=1S/C22H28N2O6S/c1-15-7-5-6-12-24(15)31(26,27)18-10-8-17(9-11-18)23-22(25)16-13-19(28-2)21(30-4)20(14-16)29-3/h8-11,13-15H,5-7,12H2,1-4H3,(H,23,25)/t15-/m0/s1. The van der Waals surface area contributed by atoms with Crippen molar-refractivity contribution in [2.45, 2.75) is 37.1 Å². The average molecular weight is 449 g/mol. The number of carbonyl (C=O) groups excluding carboxylic acids is 1. The van der Waals surface area contributed by atoms with Crippen LogP contribution >= 0.6 is 0 Å². The topological polar surface area (TPSA) is 94.2 Å². The van der Waals surface area contributed by atoms with Crippen molar-refractivity contribution in [3.63, 3.8) is 0 Å². The van der Waals surface area contributed by atoms with Crippen molar-refractivity contribution in [2.24, 2.45) is 0 Å². The predicted molar refractivity (Wildman–Crippen MR) is 118 cm³/mol. The van der Waals surface area contributed by atoms with Crippen LogP contribution < -0.4 is 19.5 Å². The first-order valence-corrected chi connectivity index (χ1v) is 11.5. The van der Waals surface area contributed by atoms with Crippen LogP contribution in [0.2, 0.25) is 0 Å². The summed E-state index contributed by atoms with van der Waals surface area (Å²) in [5, 5.41) is 2.77. The second-order valence-corrected chi connectivity index (χ2v) is 9.24. The van der Waals surface area contributed by atoms with E-state index in [4.69, 9.17) is 14.2 Å². The molecule has 0 spiro atoms. The van der Waals surface area contributed by atoms with Crippen molar-refractivity contribution in [1.29, 1.82) is 0 Å². The second-order valence-electron chi connectivity index (χ2n) is 7.35. The van der Waals surface area contributed by atoms with E-state index in [1.54, 1.807) is 28.6 Å². The molecule has 2 aromatic rings. The Morgan fingerprint density at radius 2 is 1.61 bits per heavy atom. The third-order valence-corrected chi connectivity index (χ3v) is 7.42. The molecule has 1 saturated heterocycles. The molecule has 1 N–H and O–H groups in total. The Kier molecular flexibility index (Phi) is 7.07. The van der Waals surface area contributed by atoms with Gasteiger partial charge in [0.15, 0.2) is 11.5 Å². The third-order valence-electron chi connectivity index (χ3n) is 5.39. The van der Waals surface area contributed by atoms with Gasteiger partial charge < -0.3 is 19.5 Å². The Morgan fingerprint density at radius 3 is 2.13 bits per heavy atom. The summed E-state index contributed by atoms with van der Waals surface area (Å²) in [4.78, 5) is 12.9. The highest BCUT2D eigenvalue weighted by Crippen LogP contribution is 2.38. The number of methoxy groups -OCH3 is 3. The van der Waals surface area contributed by atoms with Crippen LogP contribution in [0.1, 0.15) is 36.5 Å². The van der Waals surface area contributed by atoms with Gasteiger partial charge in [0, 0.05) is 23.8 Å². The number of nitrogens with one attached hydrogen (secondary N) is 1. The minimum atomic E-state index is -3.56. The molecule has 1 atom stereocenters. The number of nitrogens with zero attached hydrogens (tertiary/aromatic N) is 1. The average Bonchev–Trinajstić information content (AvgIpc) is 2.78. The molecule has 1 aliphatic rings. The summed E-state index contributed by atoms with van der Waals surface area (Å²) in [5.41, 5.74) is 0.790. The summed E-state index contributed by atoms with van der Waals surface area (Å²) < 4.78 is 43.3. The predicted octanol–water partition coefficient (Wildman–Crippen LogP) is 3.53. The molecule has 0 aromatic heterocycles. The van der Waals surface area contributed by atoms with Crippen LogP contribution in [0.5, 0.6) is 17.2 Å². The SMILES string of the molecule is COc1cc(C(=O)Nc2ccc(S(=O)(=O)N3CCCC[C@@H]3C)cc2)cc(OC)c1OC. The maximum Gasteiger partial charge on any atom is 0.255 e. The Hall–Kier alpha value is -2.78. The molecule has 168 valence electrons. The zero-order chi connectivity index (χ0) is 22.6. The van der Waals surface area contributed by atoms with Crippen LogP contribution in [0.15, 0.2) is 41.3 Å². The summed E-state index contributed by atoms with van der Waals surface area (Å²) in [6, 6.07) is 9.27.